The highest BCUT2D eigenvalue weighted by molar-refractivity contribution is 6.09. The van der Waals surface area contributed by atoms with Gasteiger partial charge < -0.3 is 4.74 Å². The number of nitro groups is 1. The summed E-state index contributed by atoms with van der Waals surface area (Å²) in [7, 11) is 1.34. The quantitative estimate of drug-likeness (QED) is 0.477. The predicted molar refractivity (Wildman–Crippen MR) is 67.3 cm³/mol. The van der Waals surface area contributed by atoms with Crippen LogP contribution in [0, 0.1) is 10.1 Å². The number of carbonyl (C=O) groups is 1. The molecule has 1 heterocycles. The Kier molecular flexibility index (Phi) is 3.51. The molecule has 6 heteroatoms. The van der Waals surface area contributed by atoms with E-state index in [1.807, 2.05) is 0 Å². The van der Waals surface area contributed by atoms with Crippen LogP contribution in [0.3, 0.4) is 0 Å². The molecule has 1 aromatic heterocycles. The Hall–Kier alpha value is -2.76. The van der Waals surface area contributed by atoms with E-state index in [-0.39, 0.29) is 22.8 Å². The second-order valence-electron chi connectivity index (χ2n) is 3.71. The molecule has 96 valence electrons. The Labute approximate surface area is 108 Å². The number of aromatic nitrogens is 1. The van der Waals surface area contributed by atoms with Crippen LogP contribution in [0.15, 0.2) is 42.7 Å². The molecule has 2 rings (SSSR count). The van der Waals surface area contributed by atoms with Crippen LogP contribution in [0.2, 0.25) is 0 Å². The van der Waals surface area contributed by atoms with Crippen molar-refractivity contribution < 1.29 is 14.5 Å². The first kappa shape index (κ1) is 12.7. The smallest absolute Gasteiger partial charge is 0.311 e. The van der Waals surface area contributed by atoms with Crippen LogP contribution in [-0.2, 0) is 0 Å². The van der Waals surface area contributed by atoms with Crippen molar-refractivity contribution in [3.63, 3.8) is 0 Å². The van der Waals surface area contributed by atoms with Gasteiger partial charge in [-0.25, -0.2) is 0 Å². The lowest BCUT2D eigenvalue weighted by Gasteiger charge is -2.04. The highest BCUT2D eigenvalue weighted by atomic mass is 16.6. The van der Waals surface area contributed by atoms with Gasteiger partial charge in [0.25, 0.3) is 0 Å². The van der Waals surface area contributed by atoms with Crippen molar-refractivity contribution in [3.05, 3.63) is 64.0 Å². The molecule has 0 atom stereocenters. The highest BCUT2D eigenvalue weighted by Gasteiger charge is 2.18. The molecule has 1 aromatic carbocycles. The summed E-state index contributed by atoms with van der Waals surface area (Å²) in [6, 6.07) is 7.33. The van der Waals surface area contributed by atoms with Crippen molar-refractivity contribution in [1.82, 2.24) is 4.98 Å². The first-order valence-corrected chi connectivity index (χ1v) is 5.40. The third kappa shape index (κ3) is 2.57. The maximum absolute atomic E-state index is 12.1. The average molecular weight is 258 g/mol. The van der Waals surface area contributed by atoms with Crippen LogP contribution in [0.5, 0.6) is 5.75 Å². The van der Waals surface area contributed by atoms with Gasteiger partial charge in [-0.2, -0.15) is 0 Å². The second-order valence-corrected chi connectivity index (χ2v) is 3.71. The van der Waals surface area contributed by atoms with Crippen LogP contribution in [0.4, 0.5) is 5.69 Å². The number of pyridine rings is 1. The minimum Gasteiger partial charge on any atom is -0.490 e. The third-order valence-electron chi connectivity index (χ3n) is 2.56. The summed E-state index contributed by atoms with van der Waals surface area (Å²) < 4.78 is 4.88. The second kappa shape index (κ2) is 5.26. The molecule has 0 amide bonds. The van der Waals surface area contributed by atoms with Gasteiger partial charge in [-0.1, -0.05) is 0 Å². The number of ether oxygens (including phenoxy) is 1. The van der Waals surface area contributed by atoms with Gasteiger partial charge in [0.05, 0.1) is 12.0 Å². The number of hydrogen-bond donors (Lipinski definition) is 0. The molecule has 0 aliphatic carbocycles. The van der Waals surface area contributed by atoms with Gasteiger partial charge in [0.2, 0.25) is 0 Å². The minimum absolute atomic E-state index is 0.118. The summed E-state index contributed by atoms with van der Waals surface area (Å²) >= 11 is 0. The maximum atomic E-state index is 12.1. The average Bonchev–Trinajstić information content (AvgIpc) is 2.46. The van der Waals surface area contributed by atoms with Crippen molar-refractivity contribution in [2.75, 3.05) is 7.11 Å². The summed E-state index contributed by atoms with van der Waals surface area (Å²) in [6.45, 7) is 0. The molecule has 0 saturated heterocycles. The molecule has 0 fully saturated rings. The normalized spacial score (nSPS) is 9.95. The fourth-order valence-electron chi connectivity index (χ4n) is 1.64. The molecule has 0 spiro atoms. The Balaban J connectivity index is 2.44. The lowest BCUT2D eigenvalue weighted by Crippen LogP contribution is -2.03. The van der Waals surface area contributed by atoms with Gasteiger partial charge in [0.15, 0.2) is 11.5 Å². The fraction of sp³-hybridized carbons (Fsp3) is 0.0769. The van der Waals surface area contributed by atoms with Crippen LogP contribution in [-0.4, -0.2) is 22.8 Å². The Morgan fingerprint density at radius 3 is 2.68 bits per heavy atom. The van der Waals surface area contributed by atoms with E-state index in [4.69, 9.17) is 4.74 Å². The molecule has 6 nitrogen and oxygen atoms in total. The van der Waals surface area contributed by atoms with E-state index in [1.54, 1.807) is 18.3 Å². The zero-order valence-electron chi connectivity index (χ0n) is 10.1. The first-order valence-electron chi connectivity index (χ1n) is 5.40. The summed E-state index contributed by atoms with van der Waals surface area (Å²) in [6.07, 6.45) is 2.96. The van der Waals surface area contributed by atoms with Crippen LogP contribution in [0.1, 0.15) is 15.9 Å². The predicted octanol–water partition coefficient (Wildman–Crippen LogP) is 2.23. The third-order valence-corrected chi connectivity index (χ3v) is 2.56. The molecule has 0 aliphatic heterocycles. The van der Waals surface area contributed by atoms with E-state index in [0.717, 1.165) is 0 Å². The highest BCUT2D eigenvalue weighted by Crippen LogP contribution is 2.28. The number of methoxy groups -OCH3 is 1. The molecular formula is C13H10N2O4. The summed E-state index contributed by atoms with van der Waals surface area (Å²) in [4.78, 5) is 26.3. The number of nitrogens with zero attached hydrogens (tertiary/aromatic N) is 2. The van der Waals surface area contributed by atoms with Crippen molar-refractivity contribution >= 4 is 11.5 Å². The summed E-state index contributed by atoms with van der Waals surface area (Å²) in [5, 5.41) is 10.9. The number of ketones is 1. The number of rotatable bonds is 4. The van der Waals surface area contributed by atoms with E-state index in [9.17, 15) is 14.9 Å². The lowest BCUT2D eigenvalue weighted by molar-refractivity contribution is -0.385. The van der Waals surface area contributed by atoms with Crippen molar-refractivity contribution in [1.29, 1.82) is 0 Å². The van der Waals surface area contributed by atoms with E-state index < -0.39 is 4.92 Å². The number of hydrogen-bond acceptors (Lipinski definition) is 5. The lowest BCUT2D eigenvalue weighted by atomic mass is 10.0. The van der Waals surface area contributed by atoms with Crippen molar-refractivity contribution in [2.45, 2.75) is 0 Å². The molecule has 2 aromatic rings. The molecule has 0 N–H and O–H groups in total. The molecule has 19 heavy (non-hydrogen) atoms. The largest absolute Gasteiger partial charge is 0.490 e. The monoisotopic (exact) mass is 258 g/mol. The van der Waals surface area contributed by atoms with E-state index in [1.165, 1.54) is 31.5 Å². The van der Waals surface area contributed by atoms with Gasteiger partial charge in [0, 0.05) is 29.6 Å². The maximum Gasteiger partial charge on any atom is 0.311 e. The Morgan fingerprint density at radius 1 is 1.32 bits per heavy atom. The van der Waals surface area contributed by atoms with Crippen LogP contribution >= 0.6 is 0 Å². The Morgan fingerprint density at radius 2 is 2.11 bits per heavy atom. The fourth-order valence-corrected chi connectivity index (χ4v) is 1.64. The molecule has 0 saturated carbocycles. The topological polar surface area (TPSA) is 82.3 Å². The molecule has 0 radical (unpaired) electrons. The molecule has 0 bridgehead atoms. The Bertz CT molecular complexity index is 626. The summed E-state index contributed by atoms with van der Waals surface area (Å²) in [5.74, 6) is -0.202. The van der Waals surface area contributed by atoms with Crippen molar-refractivity contribution in [3.8, 4) is 5.75 Å². The zero-order chi connectivity index (χ0) is 13.8. The van der Waals surface area contributed by atoms with Gasteiger partial charge in [-0.15, -0.1) is 0 Å². The van der Waals surface area contributed by atoms with Crippen LogP contribution < -0.4 is 4.74 Å². The van der Waals surface area contributed by atoms with Crippen LogP contribution in [0.25, 0.3) is 0 Å². The van der Waals surface area contributed by atoms with Crippen molar-refractivity contribution in [2.24, 2.45) is 0 Å². The minimum atomic E-state index is -0.584. The van der Waals surface area contributed by atoms with E-state index >= 15 is 0 Å². The summed E-state index contributed by atoms with van der Waals surface area (Å²) in [5.41, 5.74) is 0.361. The molecule has 0 aliphatic rings. The molecular weight excluding hydrogens is 248 g/mol. The van der Waals surface area contributed by atoms with Gasteiger partial charge in [-0.3, -0.25) is 19.9 Å². The van der Waals surface area contributed by atoms with Gasteiger partial charge in [0.1, 0.15) is 0 Å². The van der Waals surface area contributed by atoms with Gasteiger partial charge >= 0.3 is 5.69 Å². The van der Waals surface area contributed by atoms with Gasteiger partial charge in [-0.05, 0) is 24.3 Å². The van der Waals surface area contributed by atoms with E-state index in [0.29, 0.717) is 5.56 Å². The molecule has 0 unspecified atom stereocenters. The zero-order valence-corrected chi connectivity index (χ0v) is 10.1. The SMILES string of the molecule is COc1ccc(C(=O)c2cccnc2)cc1[N+](=O)[O-]. The number of nitro benzene ring substituents is 1. The first-order chi connectivity index (χ1) is 9.13. The number of carbonyl (C=O) groups excluding carboxylic acids is 1. The standard InChI is InChI=1S/C13H10N2O4/c1-19-12-5-4-9(7-11(12)15(17)18)13(16)10-3-2-6-14-8-10/h2-8H,1H3. The van der Waals surface area contributed by atoms with E-state index in [2.05, 4.69) is 4.98 Å². The number of benzene rings is 1.